The van der Waals surface area contributed by atoms with Crippen LogP contribution in [0.1, 0.15) is 44.9 Å². The molecule has 2 aliphatic carbocycles. The minimum absolute atomic E-state index is 0.0860. The van der Waals surface area contributed by atoms with Gasteiger partial charge in [0.1, 0.15) is 12.0 Å². The Morgan fingerprint density at radius 2 is 2.03 bits per heavy atom. The monoisotopic (exact) mass is 444 g/mol. The Balaban J connectivity index is 1.21. The van der Waals surface area contributed by atoms with E-state index < -0.39 is 0 Å². The lowest BCUT2D eigenvalue weighted by Gasteiger charge is -2.30. The number of carbonyl (C=O) groups excluding carboxylic acids is 1. The van der Waals surface area contributed by atoms with Crippen LogP contribution >= 0.6 is 0 Å². The molecule has 2 amide bonds. The Kier molecular flexibility index (Phi) is 4.82. The summed E-state index contributed by atoms with van der Waals surface area (Å²) in [5.41, 5.74) is 2.23. The summed E-state index contributed by atoms with van der Waals surface area (Å²) >= 11 is 0. The van der Waals surface area contributed by atoms with Gasteiger partial charge in [-0.1, -0.05) is 12.8 Å². The molecule has 2 saturated carbocycles. The van der Waals surface area contributed by atoms with Gasteiger partial charge in [0.05, 0.1) is 29.9 Å². The standard InChI is InChI=1S/C24H28N8O/c25-7-6-24(32-14-18(11-29-32)21-20-5-8-26-22(20)28-15-27-21)9-16-12-31(13-17(16)10-24)23(33)30-19-3-1-2-4-19/h5,8,11,14-17,19H,1-4,6,9-10,12-13H2,(H,30,33)(H,26,27,28)/t16-,17+,24?. The largest absolute Gasteiger partial charge is 0.346 e. The molecule has 0 bridgehead atoms. The average molecular weight is 445 g/mol. The number of rotatable bonds is 4. The van der Waals surface area contributed by atoms with Crippen molar-refractivity contribution in [3.63, 3.8) is 0 Å². The molecule has 2 N–H and O–H groups in total. The topological polar surface area (TPSA) is 116 Å². The summed E-state index contributed by atoms with van der Waals surface area (Å²) in [6.45, 7) is 1.53. The Labute approximate surface area is 192 Å². The summed E-state index contributed by atoms with van der Waals surface area (Å²) < 4.78 is 1.99. The molecule has 3 aromatic heterocycles. The zero-order chi connectivity index (χ0) is 22.4. The number of nitrogens with one attached hydrogen (secondary N) is 2. The molecule has 3 aromatic rings. The van der Waals surface area contributed by atoms with Crippen molar-refractivity contribution in [2.45, 2.75) is 56.5 Å². The predicted molar refractivity (Wildman–Crippen MR) is 122 cm³/mol. The third-order valence-corrected chi connectivity index (χ3v) is 7.93. The van der Waals surface area contributed by atoms with E-state index in [1.165, 1.54) is 12.8 Å². The Morgan fingerprint density at radius 1 is 1.24 bits per heavy atom. The minimum atomic E-state index is -0.333. The van der Waals surface area contributed by atoms with Crippen LogP contribution in [0.4, 0.5) is 4.79 Å². The summed E-state index contributed by atoms with van der Waals surface area (Å²) in [6.07, 6.45) is 14.0. The molecule has 0 aromatic carbocycles. The van der Waals surface area contributed by atoms with Gasteiger partial charge in [-0.05, 0) is 43.6 Å². The maximum atomic E-state index is 12.8. The van der Waals surface area contributed by atoms with E-state index in [9.17, 15) is 10.1 Å². The lowest BCUT2D eigenvalue weighted by Crippen LogP contribution is -2.44. The fourth-order valence-electron chi connectivity index (χ4n) is 6.33. The van der Waals surface area contributed by atoms with Gasteiger partial charge in [-0.25, -0.2) is 14.8 Å². The first-order valence-electron chi connectivity index (χ1n) is 11.9. The van der Waals surface area contributed by atoms with Gasteiger partial charge in [-0.3, -0.25) is 4.68 Å². The van der Waals surface area contributed by atoms with Crippen LogP contribution in [-0.4, -0.2) is 54.8 Å². The molecule has 1 saturated heterocycles. The molecule has 170 valence electrons. The first-order chi connectivity index (χ1) is 16.1. The van der Waals surface area contributed by atoms with Crippen molar-refractivity contribution >= 4 is 17.1 Å². The normalized spacial score (nSPS) is 27.2. The van der Waals surface area contributed by atoms with Crippen molar-refractivity contribution in [3.8, 4) is 17.3 Å². The number of hydrogen-bond donors (Lipinski definition) is 2. The maximum absolute atomic E-state index is 12.8. The van der Waals surface area contributed by atoms with Gasteiger partial charge in [0.25, 0.3) is 0 Å². The highest BCUT2D eigenvalue weighted by Crippen LogP contribution is 2.49. The second-order valence-electron chi connectivity index (χ2n) is 9.96. The Hall–Kier alpha value is -3.41. The molecule has 1 unspecified atom stereocenters. The summed E-state index contributed by atoms with van der Waals surface area (Å²) in [5.74, 6) is 0.798. The van der Waals surface area contributed by atoms with Gasteiger partial charge in [-0.2, -0.15) is 10.4 Å². The van der Waals surface area contributed by atoms with Crippen molar-refractivity contribution in [1.29, 1.82) is 5.26 Å². The molecule has 3 aliphatic rings. The summed E-state index contributed by atoms with van der Waals surface area (Å²) in [7, 11) is 0. The van der Waals surface area contributed by atoms with Crippen LogP contribution in [0.2, 0.25) is 0 Å². The highest BCUT2D eigenvalue weighted by Gasteiger charge is 2.51. The van der Waals surface area contributed by atoms with Gasteiger partial charge in [0.2, 0.25) is 0 Å². The second-order valence-corrected chi connectivity index (χ2v) is 9.96. The fraction of sp³-hybridized carbons (Fsp3) is 0.542. The molecule has 0 radical (unpaired) electrons. The van der Waals surface area contributed by atoms with Crippen molar-refractivity contribution in [1.82, 2.24) is 34.9 Å². The van der Waals surface area contributed by atoms with E-state index in [2.05, 4.69) is 26.3 Å². The second kappa shape index (κ2) is 7.87. The van der Waals surface area contributed by atoms with Crippen LogP contribution in [0.5, 0.6) is 0 Å². The van der Waals surface area contributed by atoms with Gasteiger partial charge in [0.15, 0.2) is 0 Å². The van der Waals surface area contributed by atoms with Crippen LogP contribution in [0, 0.1) is 23.2 Å². The SMILES string of the molecule is N#CCC1(n2cc(-c3ncnc4[nH]ccc34)cn2)C[C@H]2CN(C(=O)NC3CCCC3)C[C@H]2C1. The van der Waals surface area contributed by atoms with Crippen molar-refractivity contribution in [3.05, 3.63) is 31.0 Å². The lowest BCUT2D eigenvalue weighted by atomic mass is 9.92. The number of amides is 2. The summed E-state index contributed by atoms with van der Waals surface area (Å²) in [5, 5.41) is 18.6. The number of likely N-dealkylation sites (tertiary alicyclic amines) is 1. The number of urea groups is 1. The third kappa shape index (κ3) is 3.45. The number of aromatic amines is 1. The molecule has 9 heteroatoms. The molecule has 6 rings (SSSR count). The quantitative estimate of drug-likeness (QED) is 0.640. The van der Waals surface area contributed by atoms with Crippen LogP contribution in [0.15, 0.2) is 31.0 Å². The Morgan fingerprint density at radius 3 is 2.79 bits per heavy atom. The van der Waals surface area contributed by atoms with Gasteiger partial charge < -0.3 is 15.2 Å². The van der Waals surface area contributed by atoms with E-state index in [0.717, 1.165) is 61.1 Å². The fourth-order valence-corrected chi connectivity index (χ4v) is 6.33. The molecular formula is C24H28N8O. The molecular weight excluding hydrogens is 416 g/mol. The number of H-pyrrole nitrogens is 1. The van der Waals surface area contributed by atoms with Gasteiger partial charge >= 0.3 is 6.03 Å². The molecule has 0 spiro atoms. The first-order valence-corrected chi connectivity index (χ1v) is 11.9. The molecule has 3 atom stereocenters. The molecule has 1 aliphatic heterocycles. The zero-order valence-electron chi connectivity index (χ0n) is 18.6. The van der Waals surface area contributed by atoms with Crippen LogP contribution < -0.4 is 5.32 Å². The van der Waals surface area contributed by atoms with Crippen LogP contribution in [0.3, 0.4) is 0 Å². The average Bonchev–Trinajstić information content (AvgIpc) is 3.61. The lowest BCUT2D eigenvalue weighted by molar-refractivity contribution is 0.189. The van der Waals surface area contributed by atoms with E-state index in [0.29, 0.717) is 24.3 Å². The number of hydrogen-bond acceptors (Lipinski definition) is 5. The number of aromatic nitrogens is 5. The van der Waals surface area contributed by atoms with E-state index in [4.69, 9.17) is 5.10 Å². The van der Waals surface area contributed by atoms with E-state index in [1.807, 2.05) is 34.2 Å². The van der Waals surface area contributed by atoms with Gasteiger partial charge in [0, 0.05) is 42.5 Å². The maximum Gasteiger partial charge on any atom is 0.317 e. The van der Waals surface area contributed by atoms with Crippen LogP contribution in [-0.2, 0) is 5.54 Å². The molecule has 3 fully saturated rings. The van der Waals surface area contributed by atoms with Crippen molar-refractivity contribution in [2.75, 3.05) is 13.1 Å². The predicted octanol–water partition coefficient (Wildman–Crippen LogP) is 3.42. The van der Waals surface area contributed by atoms with E-state index in [1.54, 1.807) is 6.33 Å². The van der Waals surface area contributed by atoms with E-state index in [-0.39, 0.29) is 11.6 Å². The third-order valence-electron chi connectivity index (χ3n) is 7.93. The molecule has 9 nitrogen and oxygen atoms in total. The number of nitriles is 1. The number of carbonyl (C=O) groups is 1. The van der Waals surface area contributed by atoms with Crippen molar-refractivity contribution < 1.29 is 4.79 Å². The first kappa shape index (κ1) is 20.2. The van der Waals surface area contributed by atoms with Crippen molar-refractivity contribution in [2.24, 2.45) is 11.8 Å². The van der Waals surface area contributed by atoms with Crippen LogP contribution in [0.25, 0.3) is 22.3 Å². The van der Waals surface area contributed by atoms with Gasteiger partial charge in [-0.15, -0.1) is 0 Å². The number of nitrogens with zero attached hydrogens (tertiary/aromatic N) is 6. The highest BCUT2D eigenvalue weighted by atomic mass is 16.2. The smallest absolute Gasteiger partial charge is 0.317 e. The molecule has 33 heavy (non-hydrogen) atoms. The van der Waals surface area contributed by atoms with E-state index >= 15 is 0 Å². The minimum Gasteiger partial charge on any atom is -0.346 e. The number of fused-ring (bicyclic) bond motifs is 2. The summed E-state index contributed by atoms with van der Waals surface area (Å²) in [6, 6.07) is 4.81. The Bertz CT molecular complexity index is 1200. The molecule has 4 heterocycles. The zero-order valence-corrected chi connectivity index (χ0v) is 18.6. The summed E-state index contributed by atoms with van der Waals surface area (Å²) in [4.78, 5) is 26.6. The highest BCUT2D eigenvalue weighted by molar-refractivity contribution is 5.90.